The minimum Gasteiger partial charge on any atom is -0.392 e. The van der Waals surface area contributed by atoms with Crippen LogP contribution in [0, 0.1) is 22.7 Å². The molecule has 49 heavy (non-hydrogen) atoms. The Kier molecular flexibility index (Phi) is 8.17. The third-order valence-electron chi connectivity index (χ3n) is 12.1. The van der Waals surface area contributed by atoms with E-state index < -0.39 is 84.6 Å². The molecule has 1 saturated heterocycles. The Morgan fingerprint density at radius 3 is 2.51 bits per heavy atom. The molecule has 5 aliphatic rings. The number of phosphoric ester groups is 1. The van der Waals surface area contributed by atoms with Crippen molar-refractivity contribution in [2.24, 2.45) is 29.7 Å². The van der Waals surface area contributed by atoms with Gasteiger partial charge in [0.2, 0.25) is 0 Å². The van der Waals surface area contributed by atoms with Crippen LogP contribution in [0.3, 0.4) is 0 Å². The molecular formula is C35H40F2NO10P. The number of ether oxygens (including phenoxy) is 2. The first-order valence-electron chi connectivity index (χ1n) is 16.3. The Balaban J connectivity index is 1.25. The van der Waals surface area contributed by atoms with E-state index in [0.717, 1.165) is 22.9 Å². The molecule has 0 radical (unpaired) electrons. The van der Waals surface area contributed by atoms with E-state index in [-0.39, 0.29) is 31.4 Å². The number of aryl methyl sites for hydroxylation is 1. The number of fused-ring (bicyclic) bond motifs is 7. The maximum Gasteiger partial charge on any atom is 0.470 e. The summed E-state index contributed by atoms with van der Waals surface area (Å²) < 4.78 is 65.0. The lowest BCUT2D eigenvalue weighted by Crippen LogP contribution is -2.70. The van der Waals surface area contributed by atoms with Gasteiger partial charge in [0, 0.05) is 47.7 Å². The van der Waals surface area contributed by atoms with Crippen molar-refractivity contribution >= 4 is 19.4 Å². The first-order chi connectivity index (χ1) is 23.0. The maximum absolute atomic E-state index is 17.7. The summed E-state index contributed by atoms with van der Waals surface area (Å²) in [5, 5.41) is 21.2. The zero-order chi connectivity index (χ0) is 35.3. The molecule has 1 aromatic carbocycles. The lowest BCUT2D eigenvalue weighted by Gasteiger charge is -2.63. The van der Waals surface area contributed by atoms with E-state index in [4.69, 9.17) is 9.47 Å². The second-order valence-corrected chi connectivity index (χ2v) is 15.9. The van der Waals surface area contributed by atoms with Crippen molar-refractivity contribution in [1.29, 1.82) is 0 Å². The van der Waals surface area contributed by atoms with E-state index >= 15 is 8.78 Å². The largest absolute Gasteiger partial charge is 0.470 e. The number of carbonyl (C=O) groups excluding carboxylic acids is 2. The fourth-order valence-corrected chi connectivity index (χ4v) is 10.0. The van der Waals surface area contributed by atoms with Crippen molar-refractivity contribution in [3.8, 4) is 0 Å². The fourth-order valence-electron chi connectivity index (χ4n) is 9.76. The quantitative estimate of drug-likeness (QED) is 0.297. The molecule has 3 saturated carbocycles. The van der Waals surface area contributed by atoms with Gasteiger partial charge in [0.05, 0.1) is 18.8 Å². The van der Waals surface area contributed by atoms with Crippen molar-refractivity contribution in [2.75, 3.05) is 6.61 Å². The van der Waals surface area contributed by atoms with Crippen LogP contribution < -0.4 is 0 Å². The number of aliphatic hydroxyl groups is 2. The summed E-state index contributed by atoms with van der Waals surface area (Å²) in [6.45, 7) is 2.04. The summed E-state index contributed by atoms with van der Waals surface area (Å²) in [5.41, 5.74) is -4.16. The van der Waals surface area contributed by atoms with Gasteiger partial charge in [-0.25, -0.2) is 13.3 Å². The minimum absolute atomic E-state index is 0.0304. The minimum atomic E-state index is -5.09. The summed E-state index contributed by atoms with van der Waals surface area (Å²) in [4.78, 5) is 45.3. The van der Waals surface area contributed by atoms with Gasteiger partial charge in [-0.3, -0.25) is 14.1 Å². The standard InChI is InChI=1S/C35H40F2NO10P/c1-32-9-8-23(40)12-26(32)27(36)13-25-24-14-30-35(29(42)18-46-49(43,44)45,33(24,2)15-28(41)34(25,32)37)48-31(47-30)21-11-22(38(3)16-21)10-19-4-6-20(17-39)7-5-19/h4-9,11-12,16,24-25,27-28,30-31,39,41H,10,13-15,17-18H2,1-3H3,(H2,43,44,45)/t24-,25-,27-,28-,30+,31+,32-,33-,34-,35+/m0/s1. The molecule has 4 N–H and O–H groups in total. The average molecular weight is 704 g/mol. The van der Waals surface area contributed by atoms with Crippen molar-refractivity contribution in [3.05, 3.63) is 82.7 Å². The number of ketones is 2. The van der Waals surface area contributed by atoms with E-state index in [9.17, 15) is 34.2 Å². The summed E-state index contributed by atoms with van der Waals surface area (Å²) in [6.07, 6.45) is -0.258. The Bertz CT molecular complexity index is 1800. The van der Waals surface area contributed by atoms with E-state index in [1.54, 1.807) is 13.1 Å². The van der Waals surface area contributed by atoms with Gasteiger partial charge in [-0.15, -0.1) is 0 Å². The third-order valence-corrected chi connectivity index (χ3v) is 12.6. The van der Waals surface area contributed by atoms with Crippen LogP contribution in [0.4, 0.5) is 8.78 Å². The molecule has 1 aliphatic heterocycles. The Morgan fingerprint density at radius 1 is 1.14 bits per heavy atom. The second-order valence-electron chi connectivity index (χ2n) is 14.6. The zero-order valence-corrected chi connectivity index (χ0v) is 28.2. The number of phosphoric acid groups is 1. The highest BCUT2D eigenvalue weighted by molar-refractivity contribution is 7.46. The molecule has 10 atom stereocenters. The lowest BCUT2D eigenvalue weighted by molar-refractivity contribution is -0.235. The summed E-state index contributed by atoms with van der Waals surface area (Å²) in [6, 6.07) is 9.35. The van der Waals surface area contributed by atoms with Gasteiger partial charge in [-0.2, -0.15) is 0 Å². The number of benzene rings is 1. The predicted octanol–water partition coefficient (Wildman–Crippen LogP) is 3.87. The SMILES string of the molecule is Cn1cc([C@@H]2O[C@@H]3C[C@H]4[C@@H]5C[C@H](F)C6=CC(=O)C=C[C@]6(C)[C@@]5(F)[C@@H](O)C[C@]4(C)[C@]3(C(=O)COP(=O)(O)O)O2)cc1Cc1ccc(CO)cc1. The zero-order valence-electron chi connectivity index (χ0n) is 27.3. The molecule has 11 nitrogen and oxygen atoms in total. The van der Waals surface area contributed by atoms with Gasteiger partial charge in [0.25, 0.3) is 0 Å². The number of aromatic nitrogens is 1. The van der Waals surface area contributed by atoms with Crippen LogP contribution in [-0.2, 0) is 48.2 Å². The number of hydrogen-bond donors (Lipinski definition) is 4. The second kappa shape index (κ2) is 11.6. The van der Waals surface area contributed by atoms with Crippen molar-refractivity contribution in [2.45, 2.75) is 82.1 Å². The lowest BCUT2D eigenvalue weighted by atomic mass is 9.44. The monoisotopic (exact) mass is 703 g/mol. The van der Waals surface area contributed by atoms with Crippen LogP contribution in [0.25, 0.3) is 0 Å². The molecule has 0 unspecified atom stereocenters. The molecule has 0 amide bonds. The normalized spacial score (nSPS) is 39.6. The number of alkyl halides is 2. The highest BCUT2D eigenvalue weighted by Crippen LogP contribution is 2.72. The molecule has 7 rings (SSSR count). The van der Waals surface area contributed by atoms with Crippen LogP contribution in [0.1, 0.15) is 61.8 Å². The van der Waals surface area contributed by atoms with Gasteiger partial charge in [0.1, 0.15) is 12.8 Å². The summed E-state index contributed by atoms with van der Waals surface area (Å²) >= 11 is 0. The van der Waals surface area contributed by atoms with Crippen LogP contribution in [0.2, 0.25) is 0 Å². The van der Waals surface area contributed by atoms with Gasteiger partial charge in [0.15, 0.2) is 29.1 Å². The predicted molar refractivity (Wildman–Crippen MR) is 169 cm³/mol. The molecule has 1 aromatic heterocycles. The first kappa shape index (κ1) is 34.6. The van der Waals surface area contributed by atoms with Crippen LogP contribution >= 0.6 is 7.82 Å². The number of allylic oxidation sites excluding steroid dienone is 4. The number of carbonyl (C=O) groups is 2. The van der Waals surface area contributed by atoms with Crippen molar-refractivity contribution in [3.63, 3.8) is 0 Å². The van der Waals surface area contributed by atoms with Gasteiger partial charge >= 0.3 is 7.82 Å². The molecule has 4 fully saturated rings. The molecule has 2 heterocycles. The molecule has 2 aromatic rings. The third kappa shape index (κ3) is 5.03. The topological polar surface area (TPSA) is 165 Å². The molecule has 4 aliphatic carbocycles. The van der Waals surface area contributed by atoms with Crippen LogP contribution in [0.5, 0.6) is 0 Å². The number of hydrogen-bond acceptors (Lipinski definition) is 8. The molecule has 0 spiro atoms. The van der Waals surface area contributed by atoms with E-state index in [1.165, 1.54) is 19.1 Å². The molecule has 264 valence electrons. The highest BCUT2D eigenvalue weighted by Gasteiger charge is 2.80. The number of halogens is 2. The maximum atomic E-state index is 17.7. The Morgan fingerprint density at radius 2 is 1.84 bits per heavy atom. The Hall–Kier alpha value is -2.87. The molecular weight excluding hydrogens is 663 g/mol. The van der Waals surface area contributed by atoms with Crippen molar-refractivity contribution in [1.82, 2.24) is 4.57 Å². The van der Waals surface area contributed by atoms with Gasteiger partial charge in [-0.05, 0) is 67.0 Å². The average Bonchev–Trinajstić information content (AvgIpc) is 3.68. The van der Waals surface area contributed by atoms with Crippen LogP contribution in [-0.4, -0.2) is 72.4 Å². The van der Waals surface area contributed by atoms with Crippen LogP contribution in [0.15, 0.2) is 60.3 Å². The van der Waals surface area contributed by atoms with E-state index in [2.05, 4.69) is 4.52 Å². The molecule has 0 bridgehead atoms. The summed E-state index contributed by atoms with van der Waals surface area (Å²) in [5.74, 6) is -3.19. The van der Waals surface area contributed by atoms with Gasteiger partial charge in [-0.1, -0.05) is 37.3 Å². The first-order valence-corrected chi connectivity index (χ1v) is 17.9. The summed E-state index contributed by atoms with van der Waals surface area (Å²) in [7, 11) is -3.25. The highest BCUT2D eigenvalue weighted by atomic mass is 31.2. The number of Topliss-reactive ketones (excluding diaryl/α,β-unsaturated/α-hetero) is 1. The fraction of sp³-hybridized carbons (Fsp3) is 0.543. The number of rotatable bonds is 8. The van der Waals surface area contributed by atoms with Crippen molar-refractivity contribution < 1.29 is 56.9 Å². The number of aliphatic hydroxyl groups excluding tert-OH is 2. The Labute approximate surface area is 281 Å². The molecule has 14 heteroatoms. The smallest absolute Gasteiger partial charge is 0.392 e. The number of nitrogens with zero attached hydrogens (tertiary/aromatic N) is 1. The van der Waals surface area contributed by atoms with E-state index in [1.807, 2.05) is 41.9 Å². The van der Waals surface area contributed by atoms with E-state index in [0.29, 0.717) is 12.0 Å². The van der Waals surface area contributed by atoms with Gasteiger partial charge < -0.3 is 34.0 Å².